The first-order chi connectivity index (χ1) is 25.1. The van der Waals surface area contributed by atoms with Gasteiger partial charge >= 0.3 is 12.2 Å². The standard InChI is InChI=1S/C40H46N4O8/c1-27(41-39(49)51-25-31-19-11-5-12-20-31)37(47)43-33(23-29-15-7-3-8-16-29)35(45)36(46)34(24-30-17-9-4-10-18-30)44-38(48)28(2)42-40(50)52-26-32-21-13-6-14-22-32/h3-22,27-28,33-36,45-46H,23-26H2,1-2H3,(H,41,49)(H,42,50)(H,43,47)(H,44,48)/t27-,28-,33?,34?,35?,36?/m0/s1. The molecule has 6 atom stereocenters. The molecule has 0 spiro atoms. The minimum atomic E-state index is -1.59. The Hall–Kier alpha value is -5.72. The maximum Gasteiger partial charge on any atom is 0.408 e. The zero-order valence-corrected chi connectivity index (χ0v) is 29.2. The Morgan fingerprint density at radius 2 is 0.769 bits per heavy atom. The van der Waals surface area contributed by atoms with E-state index in [2.05, 4.69) is 21.3 Å². The van der Waals surface area contributed by atoms with Gasteiger partial charge in [-0.3, -0.25) is 9.59 Å². The summed E-state index contributed by atoms with van der Waals surface area (Å²) in [6.45, 7) is 2.97. The van der Waals surface area contributed by atoms with Crippen molar-refractivity contribution in [1.82, 2.24) is 21.3 Å². The van der Waals surface area contributed by atoms with E-state index >= 15 is 0 Å². The van der Waals surface area contributed by atoms with Crippen LogP contribution in [0.5, 0.6) is 0 Å². The molecule has 0 aliphatic heterocycles. The molecule has 12 heteroatoms. The van der Waals surface area contributed by atoms with Gasteiger partial charge in [0, 0.05) is 0 Å². The Morgan fingerprint density at radius 3 is 1.08 bits per heavy atom. The fourth-order valence-corrected chi connectivity index (χ4v) is 5.36. The summed E-state index contributed by atoms with van der Waals surface area (Å²) in [5, 5.41) is 33.9. The van der Waals surface area contributed by atoms with Crippen LogP contribution < -0.4 is 21.3 Å². The SMILES string of the molecule is C[C@H](NC(=O)OCc1ccccc1)C(=O)NC(Cc1ccccc1)C(O)C(O)C(Cc1ccccc1)NC(=O)[C@H](C)NC(=O)OCc1ccccc1. The molecule has 4 rings (SSSR count). The lowest BCUT2D eigenvalue weighted by Crippen LogP contribution is -2.60. The summed E-state index contributed by atoms with van der Waals surface area (Å²) in [7, 11) is 0. The number of benzene rings is 4. The van der Waals surface area contributed by atoms with Crippen molar-refractivity contribution in [2.75, 3.05) is 0 Å². The van der Waals surface area contributed by atoms with Gasteiger partial charge in [-0.25, -0.2) is 9.59 Å². The fraction of sp³-hybridized carbons (Fsp3) is 0.300. The molecule has 0 aliphatic carbocycles. The van der Waals surface area contributed by atoms with E-state index in [0.29, 0.717) is 0 Å². The number of ether oxygens (including phenoxy) is 2. The smallest absolute Gasteiger partial charge is 0.408 e. The molecule has 4 aromatic carbocycles. The van der Waals surface area contributed by atoms with Crippen LogP contribution in [0, 0.1) is 0 Å². The molecule has 274 valence electrons. The van der Waals surface area contributed by atoms with Crippen molar-refractivity contribution in [1.29, 1.82) is 0 Å². The summed E-state index contributed by atoms with van der Waals surface area (Å²) in [6.07, 6.45) is -4.54. The number of rotatable bonds is 17. The lowest BCUT2D eigenvalue weighted by molar-refractivity contribution is -0.127. The predicted octanol–water partition coefficient (Wildman–Crippen LogP) is 3.79. The van der Waals surface area contributed by atoms with Crippen molar-refractivity contribution < 1.29 is 38.9 Å². The summed E-state index contributed by atoms with van der Waals surface area (Å²) in [5.41, 5.74) is 3.08. The Balaban J connectivity index is 1.44. The van der Waals surface area contributed by atoms with E-state index in [-0.39, 0.29) is 26.1 Å². The number of aliphatic hydroxyl groups is 2. The molecule has 12 nitrogen and oxygen atoms in total. The zero-order chi connectivity index (χ0) is 37.3. The molecular weight excluding hydrogens is 664 g/mol. The molecule has 0 aromatic heterocycles. The van der Waals surface area contributed by atoms with Crippen LogP contribution in [0.25, 0.3) is 0 Å². The van der Waals surface area contributed by atoms with Gasteiger partial charge in [-0.2, -0.15) is 0 Å². The van der Waals surface area contributed by atoms with Crippen LogP contribution in [-0.4, -0.2) is 70.6 Å². The minimum absolute atomic E-state index is 0.0140. The largest absolute Gasteiger partial charge is 0.445 e. The highest BCUT2D eigenvalue weighted by Crippen LogP contribution is 2.16. The van der Waals surface area contributed by atoms with E-state index in [1.54, 1.807) is 24.3 Å². The lowest BCUT2D eigenvalue weighted by atomic mass is 9.90. The van der Waals surface area contributed by atoms with Gasteiger partial charge in [-0.05, 0) is 48.9 Å². The maximum atomic E-state index is 13.4. The van der Waals surface area contributed by atoms with Gasteiger partial charge in [0.2, 0.25) is 11.8 Å². The van der Waals surface area contributed by atoms with Gasteiger partial charge < -0.3 is 41.0 Å². The summed E-state index contributed by atoms with van der Waals surface area (Å²) >= 11 is 0. The van der Waals surface area contributed by atoms with Gasteiger partial charge in [-0.1, -0.05) is 121 Å². The molecule has 6 N–H and O–H groups in total. The van der Waals surface area contributed by atoms with Crippen LogP contribution in [0.1, 0.15) is 36.1 Å². The first-order valence-electron chi connectivity index (χ1n) is 17.1. The van der Waals surface area contributed by atoms with E-state index in [1.807, 2.05) is 97.1 Å². The van der Waals surface area contributed by atoms with Gasteiger partial charge in [0.05, 0.1) is 12.1 Å². The summed E-state index contributed by atoms with van der Waals surface area (Å²) < 4.78 is 10.5. The highest BCUT2D eigenvalue weighted by molar-refractivity contribution is 5.86. The van der Waals surface area contributed by atoms with Gasteiger partial charge in [0.25, 0.3) is 0 Å². The number of amides is 4. The van der Waals surface area contributed by atoms with Crippen molar-refractivity contribution in [3.05, 3.63) is 144 Å². The molecular formula is C40H46N4O8. The van der Waals surface area contributed by atoms with Crippen molar-refractivity contribution in [3.63, 3.8) is 0 Å². The second kappa shape index (κ2) is 20.2. The highest BCUT2D eigenvalue weighted by atomic mass is 16.6. The van der Waals surface area contributed by atoms with Crippen LogP contribution in [-0.2, 0) is 45.1 Å². The molecule has 0 saturated heterocycles. The summed E-state index contributed by atoms with van der Waals surface area (Å²) in [4.78, 5) is 51.6. The fourth-order valence-electron chi connectivity index (χ4n) is 5.36. The first-order valence-corrected chi connectivity index (χ1v) is 17.1. The van der Waals surface area contributed by atoms with Crippen LogP contribution in [0.2, 0.25) is 0 Å². The van der Waals surface area contributed by atoms with Crippen molar-refractivity contribution in [3.8, 4) is 0 Å². The van der Waals surface area contributed by atoms with E-state index in [0.717, 1.165) is 22.3 Å². The quantitative estimate of drug-likeness (QED) is 0.0960. The Bertz CT molecular complexity index is 1570. The van der Waals surface area contributed by atoms with Crippen LogP contribution in [0.3, 0.4) is 0 Å². The summed E-state index contributed by atoms with van der Waals surface area (Å²) in [6, 6.07) is 32.1. The number of alkyl carbamates (subject to hydrolysis) is 2. The topological polar surface area (TPSA) is 175 Å². The third-order valence-corrected chi connectivity index (χ3v) is 8.31. The number of carbonyl (C=O) groups is 4. The van der Waals surface area contributed by atoms with E-state index in [4.69, 9.17) is 9.47 Å². The molecule has 4 amide bonds. The molecule has 0 heterocycles. The molecule has 0 saturated carbocycles. The van der Waals surface area contributed by atoms with E-state index in [1.165, 1.54) is 13.8 Å². The van der Waals surface area contributed by atoms with Gasteiger partial charge in [-0.15, -0.1) is 0 Å². The highest BCUT2D eigenvalue weighted by Gasteiger charge is 2.36. The molecule has 4 unspecified atom stereocenters. The Morgan fingerprint density at radius 1 is 0.481 bits per heavy atom. The number of hydrogen-bond donors (Lipinski definition) is 6. The molecule has 0 aliphatic rings. The molecule has 0 radical (unpaired) electrons. The average Bonchev–Trinajstić information content (AvgIpc) is 3.16. The maximum absolute atomic E-state index is 13.4. The Labute approximate surface area is 303 Å². The second-order valence-corrected chi connectivity index (χ2v) is 12.4. The molecule has 0 fully saturated rings. The van der Waals surface area contributed by atoms with Crippen LogP contribution in [0.4, 0.5) is 9.59 Å². The normalized spacial score (nSPS) is 14.3. The monoisotopic (exact) mass is 710 g/mol. The van der Waals surface area contributed by atoms with Crippen molar-refractivity contribution >= 4 is 24.0 Å². The van der Waals surface area contributed by atoms with Crippen LogP contribution in [0.15, 0.2) is 121 Å². The second-order valence-electron chi connectivity index (χ2n) is 12.4. The Kier molecular flexibility index (Phi) is 15.2. The third kappa shape index (κ3) is 12.9. The van der Waals surface area contributed by atoms with E-state index < -0.39 is 60.4 Å². The zero-order valence-electron chi connectivity index (χ0n) is 29.2. The number of carbonyl (C=O) groups excluding carboxylic acids is 4. The van der Waals surface area contributed by atoms with Gasteiger partial charge in [0.1, 0.15) is 37.5 Å². The summed E-state index contributed by atoms with van der Waals surface area (Å²) in [5.74, 6) is -1.25. The minimum Gasteiger partial charge on any atom is -0.445 e. The lowest BCUT2D eigenvalue weighted by Gasteiger charge is -2.34. The van der Waals surface area contributed by atoms with Crippen LogP contribution >= 0.6 is 0 Å². The predicted molar refractivity (Wildman–Crippen MR) is 195 cm³/mol. The van der Waals surface area contributed by atoms with Crippen molar-refractivity contribution in [2.45, 2.75) is 76.3 Å². The number of nitrogens with one attached hydrogen (secondary N) is 4. The molecule has 4 aromatic rings. The average molecular weight is 711 g/mol. The van der Waals surface area contributed by atoms with Crippen molar-refractivity contribution in [2.24, 2.45) is 0 Å². The third-order valence-electron chi connectivity index (χ3n) is 8.31. The van der Waals surface area contributed by atoms with E-state index in [9.17, 15) is 29.4 Å². The number of aliphatic hydroxyl groups excluding tert-OH is 2. The molecule has 0 bridgehead atoms. The molecule has 52 heavy (non-hydrogen) atoms. The first kappa shape index (κ1) is 39.1. The number of hydrogen-bond acceptors (Lipinski definition) is 8. The van der Waals surface area contributed by atoms with Gasteiger partial charge in [0.15, 0.2) is 0 Å².